The molecule has 1 fully saturated rings. The lowest BCUT2D eigenvalue weighted by Gasteiger charge is -2.26. The first-order valence-corrected chi connectivity index (χ1v) is 26.0. The maximum Gasteiger partial charge on any atom is 0.306 e. The first-order valence-electron chi connectivity index (χ1n) is 26.0. The smallest absolute Gasteiger partial charge is 0.306 e. The van der Waals surface area contributed by atoms with Crippen LogP contribution in [0.1, 0.15) is 242 Å². The van der Waals surface area contributed by atoms with E-state index in [0.717, 1.165) is 108 Å². The lowest BCUT2D eigenvalue weighted by atomic mass is 9.86. The molecule has 1 saturated heterocycles. The Hall–Kier alpha value is -1.63. The second-order valence-corrected chi connectivity index (χ2v) is 20.7. The summed E-state index contributed by atoms with van der Waals surface area (Å²) in [5, 5.41) is 0. The van der Waals surface area contributed by atoms with Gasteiger partial charge in [-0.2, -0.15) is 0 Å². The molecule has 354 valence electrons. The first-order chi connectivity index (χ1) is 28.8. The predicted molar refractivity (Wildman–Crippen MR) is 253 cm³/mol. The van der Waals surface area contributed by atoms with Crippen LogP contribution in [0.3, 0.4) is 0 Å². The quantitative estimate of drug-likeness (QED) is 0.0346. The highest BCUT2D eigenvalue weighted by molar-refractivity contribution is 5.70. The minimum atomic E-state index is -0.0331. The summed E-state index contributed by atoms with van der Waals surface area (Å²) in [5.41, 5.74) is 0. The van der Waals surface area contributed by atoms with Crippen LogP contribution >= 0.6 is 0 Å². The van der Waals surface area contributed by atoms with Crippen molar-refractivity contribution in [3.63, 3.8) is 0 Å². The molecule has 1 rings (SSSR count). The number of hydrogen-bond donors (Lipinski definition) is 0. The van der Waals surface area contributed by atoms with Gasteiger partial charge in [-0.15, -0.1) is 0 Å². The second kappa shape index (κ2) is 36.8. The highest BCUT2D eigenvalue weighted by Crippen LogP contribution is 2.26. The van der Waals surface area contributed by atoms with E-state index in [1.165, 1.54) is 83.7 Å². The molecule has 1 aliphatic heterocycles. The maximum absolute atomic E-state index is 13.0. The van der Waals surface area contributed by atoms with Crippen molar-refractivity contribution >= 4 is 17.9 Å². The molecule has 0 radical (unpaired) electrons. The molecule has 0 N–H and O–H groups in total. The summed E-state index contributed by atoms with van der Waals surface area (Å²) in [7, 11) is 0. The van der Waals surface area contributed by atoms with E-state index < -0.39 is 0 Å². The van der Waals surface area contributed by atoms with Crippen molar-refractivity contribution < 1.29 is 28.6 Å². The number of nitrogens with zero attached hydrogens (tertiary/aromatic N) is 1. The van der Waals surface area contributed by atoms with Crippen LogP contribution in [-0.2, 0) is 28.6 Å². The van der Waals surface area contributed by atoms with Crippen molar-refractivity contribution in [3.05, 3.63) is 0 Å². The number of likely N-dealkylation sites (tertiary alicyclic amines) is 1. The third-order valence-corrected chi connectivity index (χ3v) is 13.4. The van der Waals surface area contributed by atoms with Gasteiger partial charge in [0, 0.05) is 19.3 Å². The molecule has 0 aromatic carbocycles. The second-order valence-electron chi connectivity index (χ2n) is 20.7. The lowest BCUT2D eigenvalue weighted by Crippen LogP contribution is -2.31. The fourth-order valence-electron chi connectivity index (χ4n) is 8.99. The standard InChI is InChI=1S/C53H101NO6/c1-43(2)31-33-48(45(5)6)35-40-58-51(55)28-21-16-12-10-11-15-20-27-50(60-53(57)30-25-39-54-37-23-18-24-38-54)42-47(9)26-19-14-13-17-22-29-52(56)59-41-36-49(46(7)8)34-32-44(3)4/h43-50H,10-42H2,1-9H3. The summed E-state index contributed by atoms with van der Waals surface area (Å²) in [4.78, 5) is 40.2. The van der Waals surface area contributed by atoms with E-state index in [-0.39, 0.29) is 24.0 Å². The average molecular weight is 848 g/mol. The lowest BCUT2D eigenvalue weighted by molar-refractivity contribution is -0.150. The van der Waals surface area contributed by atoms with Gasteiger partial charge >= 0.3 is 17.9 Å². The molecule has 4 unspecified atom stereocenters. The fourth-order valence-corrected chi connectivity index (χ4v) is 8.99. The van der Waals surface area contributed by atoms with Crippen LogP contribution < -0.4 is 0 Å². The fraction of sp³-hybridized carbons (Fsp3) is 0.943. The van der Waals surface area contributed by atoms with Crippen LogP contribution in [0, 0.1) is 41.4 Å². The summed E-state index contributed by atoms with van der Waals surface area (Å²) in [5.74, 6) is 4.41. The van der Waals surface area contributed by atoms with Gasteiger partial charge in [-0.3, -0.25) is 14.4 Å². The van der Waals surface area contributed by atoms with Gasteiger partial charge in [0.25, 0.3) is 0 Å². The Morgan fingerprint density at radius 1 is 0.450 bits per heavy atom. The Morgan fingerprint density at radius 3 is 1.35 bits per heavy atom. The van der Waals surface area contributed by atoms with E-state index >= 15 is 0 Å². The van der Waals surface area contributed by atoms with Crippen molar-refractivity contribution in [2.45, 2.75) is 248 Å². The number of unbranched alkanes of at least 4 members (excludes halogenated alkanes) is 10. The number of carbonyl (C=O) groups is 3. The third kappa shape index (κ3) is 33.0. The third-order valence-electron chi connectivity index (χ3n) is 13.4. The summed E-state index contributed by atoms with van der Waals surface area (Å²) in [6.45, 7) is 25.1. The van der Waals surface area contributed by atoms with Gasteiger partial charge in [-0.1, -0.05) is 146 Å². The number of piperidine rings is 1. The molecular weight excluding hydrogens is 747 g/mol. The SMILES string of the molecule is CC(C)CCC(CCOC(=O)CCCCCCCCCC(CC(C)CCCCCCCC(=O)OCCC(CCC(C)C)C(C)C)OC(=O)CCCN1CCCCC1)C(C)C. The molecule has 0 aromatic heterocycles. The molecule has 4 atom stereocenters. The van der Waals surface area contributed by atoms with Gasteiger partial charge < -0.3 is 19.1 Å². The predicted octanol–water partition coefficient (Wildman–Crippen LogP) is 14.7. The molecule has 7 heteroatoms. The van der Waals surface area contributed by atoms with Crippen LogP contribution in [0.25, 0.3) is 0 Å². The molecular formula is C53H101NO6. The Kier molecular flexibility index (Phi) is 34.6. The van der Waals surface area contributed by atoms with Crippen molar-refractivity contribution in [1.82, 2.24) is 4.90 Å². The zero-order chi connectivity index (χ0) is 44.4. The Labute approximate surface area is 372 Å². The summed E-state index contributed by atoms with van der Waals surface area (Å²) < 4.78 is 17.4. The summed E-state index contributed by atoms with van der Waals surface area (Å²) >= 11 is 0. The van der Waals surface area contributed by atoms with Gasteiger partial charge in [0.2, 0.25) is 0 Å². The zero-order valence-corrected chi connectivity index (χ0v) is 41.4. The van der Waals surface area contributed by atoms with Crippen molar-refractivity contribution in [3.8, 4) is 0 Å². The van der Waals surface area contributed by atoms with E-state index in [4.69, 9.17) is 14.2 Å². The molecule has 0 bridgehead atoms. The Balaban J connectivity index is 2.31. The minimum Gasteiger partial charge on any atom is -0.466 e. The normalized spacial score (nSPS) is 15.8. The van der Waals surface area contributed by atoms with Crippen LogP contribution in [0.15, 0.2) is 0 Å². The van der Waals surface area contributed by atoms with Crippen LogP contribution in [0.5, 0.6) is 0 Å². The largest absolute Gasteiger partial charge is 0.466 e. The molecule has 0 aromatic rings. The summed E-state index contributed by atoms with van der Waals surface area (Å²) in [6, 6.07) is 0. The van der Waals surface area contributed by atoms with Crippen LogP contribution in [0.4, 0.5) is 0 Å². The van der Waals surface area contributed by atoms with E-state index in [0.29, 0.717) is 62.1 Å². The Bertz CT molecular complexity index is 1040. The molecule has 60 heavy (non-hydrogen) atoms. The molecule has 1 aliphatic rings. The van der Waals surface area contributed by atoms with E-state index in [9.17, 15) is 14.4 Å². The minimum absolute atomic E-state index is 0.0107. The number of ether oxygens (including phenoxy) is 3. The van der Waals surface area contributed by atoms with Gasteiger partial charge in [0.1, 0.15) is 6.10 Å². The van der Waals surface area contributed by atoms with Crippen LogP contribution in [0.2, 0.25) is 0 Å². The van der Waals surface area contributed by atoms with E-state index in [1.807, 2.05) is 0 Å². The number of carbonyl (C=O) groups excluding carboxylic acids is 3. The topological polar surface area (TPSA) is 82.1 Å². The highest BCUT2D eigenvalue weighted by atomic mass is 16.5. The molecule has 1 heterocycles. The monoisotopic (exact) mass is 848 g/mol. The van der Waals surface area contributed by atoms with Crippen molar-refractivity contribution in [2.75, 3.05) is 32.8 Å². The van der Waals surface area contributed by atoms with Gasteiger partial charge in [0.05, 0.1) is 13.2 Å². The van der Waals surface area contributed by atoms with Gasteiger partial charge in [-0.05, 0) is 138 Å². The average Bonchev–Trinajstić information content (AvgIpc) is 3.19. The molecule has 7 nitrogen and oxygen atoms in total. The molecule has 0 saturated carbocycles. The number of esters is 3. The van der Waals surface area contributed by atoms with Crippen LogP contribution in [-0.4, -0.2) is 61.8 Å². The van der Waals surface area contributed by atoms with Gasteiger partial charge in [0.15, 0.2) is 0 Å². The van der Waals surface area contributed by atoms with Gasteiger partial charge in [-0.25, -0.2) is 0 Å². The molecule has 0 amide bonds. The summed E-state index contributed by atoms with van der Waals surface area (Å²) in [6.07, 6.45) is 29.7. The molecule has 0 aliphatic carbocycles. The molecule has 0 spiro atoms. The van der Waals surface area contributed by atoms with E-state index in [2.05, 4.69) is 67.2 Å². The first kappa shape index (κ1) is 56.4. The number of hydrogen-bond acceptors (Lipinski definition) is 7. The Morgan fingerprint density at radius 2 is 0.883 bits per heavy atom. The zero-order valence-electron chi connectivity index (χ0n) is 41.4. The van der Waals surface area contributed by atoms with E-state index in [1.54, 1.807) is 0 Å². The maximum atomic E-state index is 13.0. The van der Waals surface area contributed by atoms with Crippen molar-refractivity contribution in [1.29, 1.82) is 0 Å². The van der Waals surface area contributed by atoms with Crippen molar-refractivity contribution in [2.24, 2.45) is 41.4 Å². The number of rotatable bonds is 39. The highest BCUT2D eigenvalue weighted by Gasteiger charge is 2.20.